The van der Waals surface area contributed by atoms with E-state index >= 15 is 0 Å². The summed E-state index contributed by atoms with van der Waals surface area (Å²) < 4.78 is 17.0. The Bertz CT molecular complexity index is 542. The maximum atomic E-state index is 12.3. The molecule has 5 nitrogen and oxygen atoms in total. The Morgan fingerprint density at radius 2 is 1.91 bits per heavy atom. The monoisotopic (exact) mass is 305 g/mol. The molecule has 3 rings (SSSR count). The number of carbonyl (C=O) groups excluding carboxylic acids is 1. The molecule has 1 amide bonds. The first-order valence-corrected chi connectivity index (χ1v) is 7.84. The normalized spacial score (nSPS) is 20.4. The van der Waals surface area contributed by atoms with Crippen molar-refractivity contribution in [2.24, 2.45) is 0 Å². The fourth-order valence-corrected chi connectivity index (χ4v) is 3.07. The summed E-state index contributed by atoms with van der Waals surface area (Å²) in [6.45, 7) is 6.75. The van der Waals surface area contributed by atoms with Crippen molar-refractivity contribution >= 4 is 5.91 Å². The molecule has 0 saturated carbocycles. The highest BCUT2D eigenvalue weighted by atomic mass is 16.7. The zero-order chi connectivity index (χ0) is 15.6. The number of carbonyl (C=O) groups is 1. The van der Waals surface area contributed by atoms with E-state index in [2.05, 4.69) is 6.07 Å². The Balaban J connectivity index is 1.50. The van der Waals surface area contributed by atoms with Gasteiger partial charge in [-0.05, 0) is 25.5 Å². The number of hydrogen-bond acceptors (Lipinski definition) is 4. The van der Waals surface area contributed by atoms with Crippen LogP contribution in [-0.4, -0.2) is 49.5 Å². The standard InChI is InChI=1S/C17H23NO4/c1-13-3-4-15(14(2)11-13)20-12-16(19)18-7-5-17(6-8-18)21-9-10-22-17/h3-4,11H,5-10,12H2,1-2H3. The highest BCUT2D eigenvalue weighted by Gasteiger charge is 2.40. The van der Waals surface area contributed by atoms with Gasteiger partial charge in [-0.2, -0.15) is 0 Å². The third kappa shape index (κ3) is 3.25. The summed E-state index contributed by atoms with van der Waals surface area (Å²) >= 11 is 0. The first-order chi connectivity index (χ1) is 10.6. The zero-order valence-electron chi connectivity index (χ0n) is 13.3. The summed E-state index contributed by atoms with van der Waals surface area (Å²) in [4.78, 5) is 14.1. The molecule has 0 N–H and O–H groups in total. The molecule has 1 spiro atoms. The van der Waals surface area contributed by atoms with Crippen molar-refractivity contribution in [2.75, 3.05) is 32.9 Å². The number of aryl methyl sites for hydroxylation is 2. The molecule has 2 aliphatic heterocycles. The molecule has 2 aliphatic rings. The lowest BCUT2D eigenvalue weighted by atomic mass is 10.0. The van der Waals surface area contributed by atoms with Gasteiger partial charge in [0.05, 0.1) is 13.2 Å². The maximum Gasteiger partial charge on any atom is 0.260 e. The van der Waals surface area contributed by atoms with E-state index in [1.807, 2.05) is 30.9 Å². The van der Waals surface area contributed by atoms with Gasteiger partial charge < -0.3 is 19.1 Å². The van der Waals surface area contributed by atoms with Gasteiger partial charge in [-0.15, -0.1) is 0 Å². The zero-order valence-corrected chi connectivity index (χ0v) is 13.3. The molecule has 2 saturated heterocycles. The van der Waals surface area contributed by atoms with Gasteiger partial charge in [0.2, 0.25) is 0 Å². The minimum Gasteiger partial charge on any atom is -0.484 e. The smallest absolute Gasteiger partial charge is 0.260 e. The minimum absolute atomic E-state index is 0.0211. The molecule has 0 unspecified atom stereocenters. The van der Waals surface area contributed by atoms with E-state index in [-0.39, 0.29) is 12.5 Å². The number of ether oxygens (including phenoxy) is 3. The molecule has 0 atom stereocenters. The molecule has 0 aromatic heterocycles. The van der Waals surface area contributed by atoms with Crippen LogP contribution in [0.4, 0.5) is 0 Å². The topological polar surface area (TPSA) is 48.0 Å². The van der Waals surface area contributed by atoms with Crippen molar-refractivity contribution in [3.63, 3.8) is 0 Å². The third-order valence-electron chi connectivity index (χ3n) is 4.37. The molecule has 0 radical (unpaired) electrons. The van der Waals surface area contributed by atoms with Gasteiger partial charge >= 0.3 is 0 Å². The quantitative estimate of drug-likeness (QED) is 0.857. The fraction of sp³-hybridized carbons (Fsp3) is 0.588. The Labute approximate surface area is 131 Å². The summed E-state index contributed by atoms with van der Waals surface area (Å²) in [5.74, 6) is 0.355. The minimum atomic E-state index is -0.439. The van der Waals surface area contributed by atoms with Crippen molar-refractivity contribution in [3.8, 4) is 5.75 Å². The molecule has 1 aromatic carbocycles. The summed E-state index contributed by atoms with van der Waals surface area (Å²) in [5.41, 5.74) is 2.24. The summed E-state index contributed by atoms with van der Waals surface area (Å²) in [6.07, 6.45) is 1.48. The molecule has 1 aromatic rings. The first kappa shape index (κ1) is 15.3. The van der Waals surface area contributed by atoms with Crippen molar-refractivity contribution in [1.29, 1.82) is 0 Å². The number of likely N-dealkylation sites (tertiary alicyclic amines) is 1. The molecule has 2 fully saturated rings. The summed E-state index contributed by atoms with van der Waals surface area (Å²) in [6, 6.07) is 5.97. The van der Waals surface area contributed by atoms with Gasteiger partial charge in [-0.1, -0.05) is 17.7 Å². The Morgan fingerprint density at radius 1 is 1.23 bits per heavy atom. The lowest BCUT2D eigenvalue weighted by Crippen LogP contribution is -2.48. The van der Waals surface area contributed by atoms with Crippen LogP contribution >= 0.6 is 0 Å². The van der Waals surface area contributed by atoms with Crippen molar-refractivity contribution in [1.82, 2.24) is 4.90 Å². The molecule has 2 heterocycles. The van der Waals surface area contributed by atoms with Gasteiger partial charge in [0, 0.05) is 25.9 Å². The van der Waals surface area contributed by atoms with Crippen LogP contribution in [0.5, 0.6) is 5.75 Å². The highest BCUT2D eigenvalue weighted by Crippen LogP contribution is 2.31. The Morgan fingerprint density at radius 3 is 2.55 bits per heavy atom. The third-order valence-corrected chi connectivity index (χ3v) is 4.37. The predicted octanol–water partition coefficient (Wildman–Crippen LogP) is 2.05. The SMILES string of the molecule is Cc1ccc(OCC(=O)N2CCC3(CC2)OCCO3)c(C)c1. The number of hydrogen-bond donors (Lipinski definition) is 0. The largest absolute Gasteiger partial charge is 0.484 e. The van der Waals surface area contributed by atoms with Gasteiger partial charge in [0.15, 0.2) is 12.4 Å². The molecule has 5 heteroatoms. The Kier molecular flexibility index (Phi) is 4.36. The molecule has 22 heavy (non-hydrogen) atoms. The second kappa shape index (κ2) is 6.26. The number of benzene rings is 1. The summed E-state index contributed by atoms with van der Waals surface area (Å²) in [5, 5.41) is 0. The molecule has 0 aliphatic carbocycles. The molecular formula is C17H23NO4. The van der Waals surface area contributed by atoms with Gasteiger partial charge in [-0.25, -0.2) is 0 Å². The van der Waals surface area contributed by atoms with Crippen LogP contribution in [0, 0.1) is 13.8 Å². The van der Waals surface area contributed by atoms with E-state index < -0.39 is 5.79 Å². The van der Waals surface area contributed by atoms with E-state index in [1.165, 1.54) is 5.56 Å². The average molecular weight is 305 g/mol. The summed E-state index contributed by atoms with van der Waals surface area (Å²) in [7, 11) is 0. The van der Waals surface area contributed by atoms with E-state index in [0.29, 0.717) is 26.3 Å². The Hall–Kier alpha value is -1.59. The van der Waals surface area contributed by atoms with E-state index in [4.69, 9.17) is 14.2 Å². The van der Waals surface area contributed by atoms with Gasteiger partial charge in [0.25, 0.3) is 5.91 Å². The maximum absolute atomic E-state index is 12.3. The van der Waals surface area contributed by atoms with E-state index in [9.17, 15) is 4.79 Å². The van der Waals surface area contributed by atoms with E-state index in [0.717, 1.165) is 24.2 Å². The predicted molar refractivity (Wildman–Crippen MR) is 81.9 cm³/mol. The molecular weight excluding hydrogens is 282 g/mol. The van der Waals surface area contributed by atoms with Crippen LogP contribution in [0.2, 0.25) is 0 Å². The van der Waals surface area contributed by atoms with Crippen LogP contribution in [0.25, 0.3) is 0 Å². The lowest BCUT2D eigenvalue weighted by molar-refractivity contribution is -0.187. The van der Waals surface area contributed by atoms with Crippen LogP contribution in [0.1, 0.15) is 24.0 Å². The second-order valence-electron chi connectivity index (χ2n) is 6.05. The first-order valence-electron chi connectivity index (χ1n) is 7.84. The number of piperidine rings is 1. The van der Waals surface area contributed by atoms with Gasteiger partial charge in [0.1, 0.15) is 5.75 Å². The fourth-order valence-electron chi connectivity index (χ4n) is 3.07. The van der Waals surface area contributed by atoms with Crippen molar-refractivity contribution in [2.45, 2.75) is 32.5 Å². The number of nitrogens with zero attached hydrogens (tertiary/aromatic N) is 1. The van der Waals surface area contributed by atoms with Crippen LogP contribution in [-0.2, 0) is 14.3 Å². The van der Waals surface area contributed by atoms with E-state index in [1.54, 1.807) is 0 Å². The number of rotatable bonds is 3. The highest BCUT2D eigenvalue weighted by molar-refractivity contribution is 5.78. The van der Waals surface area contributed by atoms with Crippen LogP contribution in [0.15, 0.2) is 18.2 Å². The lowest BCUT2D eigenvalue weighted by Gasteiger charge is -2.37. The molecule has 0 bridgehead atoms. The van der Waals surface area contributed by atoms with Crippen molar-refractivity contribution in [3.05, 3.63) is 29.3 Å². The number of amides is 1. The second-order valence-corrected chi connectivity index (χ2v) is 6.05. The molecule has 120 valence electrons. The van der Waals surface area contributed by atoms with Crippen molar-refractivity contribution < 1.29 is 19.0 Å². The van der Waals surface area contributed by atoms with Crippen LogP contribution in [0.3, 0.4) is 0 Å². The average Bonchev–Trinajstić information content (AvgIpc) is 2.95. The van der Waals surface area contributed by atoms with Gasteiger partial charge in [-0.3, -0.25) is 4.79 Å². The van der Waals surface area contributed by atoms with Crippen LogP contribution < -0.4 is 4.74 Å².